The Hall–Kier alpha value is -0.890. The quantitative estimate of drug-likeness (QED) is 0.786. The summed E-state index contributed by atoms with van der Waals surface area (Å²) in [6, 6.07) is 1.60. The summed E-state index contributed by atoms with van der Waals surface area (Å²) in [6.07, 6.45) is 4.01. The predicted octanol–water partition coefficient (Wildman–Crippen LogP) is -0.330. The molecular weight excluding hydrogens is 252 g/mol. The molecule has 0 bridgehead atoms. The smallest absolute Gasteiger partial charge is 0.244 e. The van der Waals surface area contributed by atoms with Gasteiger partial charge in [0.1, 0.15) is 0 Å². The van der Waals surface area contributed by atoms with Crippen LogP contribution in [-0.2, 0) is 10.0 Å². The molecular formula is C11H20N4O2S. The molecule has 1 aliphatic rings. The first-order valence-corrected chi connectivity index (χ1v) is 7.64. The Balaban J connectivity index is 2.06. The molecule has 3 N–H and O–H groups in total. The van der Waals surface area contributed by atoms with Gasteiger partial charge in [-0.2, -0.15) is 4.31 Å². The third-order valence-electron chi connectivity index (χ3n) is 3.20. The van der Waals surface area contributed by atoms with E-state index in [1.54, 1.807) is 16.6 Å². The van der Waals surface area contributed by atoms with E-state index in [4.69, 9.17) is 5.73 Å². The first-order chi connectivity index (χ1) is 8.64. The van der Waals surface area contributed by atoms with Crippen LogP contribution in [-0.4, -0.2) is 61.9 Å². The topological polar surface area (TPSA) is 82.4 Å². The molecule has 18 heavy (non-hydrogen) atoms. The third kappa shape index (κ3) is 2.92. The van der Waals surface area contributed by atoms with Crippen LogP contribution in [0.1, 0.15) is 6.42 Å². The van der Waals surface area contributed by atoms with Gasteiger partial charge in [0, 0.05) is 45.1 Å². The lowest BCUT2D eigenvalue weighted by molar-refractivity contribution is 0.294. The summed E-state index contributed by atoms with van der Waals surface area (Å²) in [5.74, 6) is 0. The average molecular weight is 272 g/mol. The maximum Gasteiger partial charge on any atom is 0.244 e. The fraction of sp³-hybridized carbons (Fsp3) is 0.636. The number of nitrogens with zero attached hydrogens (tertiary/aromatic N) is 2. The van der Waals surface area contributed by atoms with E-state index in [1.165, 1.54) is 6.20 Å². The van der Waals surface area contributed by atoms with Crippen LogP contribution in [0.4, 0.5) is 0 Å². The van der Waals surface area contributed by atoms with Crippen molar-refractivity contribution in [1.82, 2.24) is 14.2 Å². The van der Waals surface area contributed by atoms with Gasteiger partial charge in [-0.3, -0.25) is 0 Å². The largest absolute Gasteiger partial charge is 0.366 e. The summed E-state index contributed by atoms with van der Waals surface area (Å²) < 4.78 is 26.2. The molecule has 2 rings (SSSR count). The summed E-state index contributed by atoms with van der Waals surface area (Å²) in [6.45, 7) is 4.22. The molecule has 0 spiro atoms. The fourth-order valence-electron chi connectivity index (χ4n) is 2.21. The number of aromatic amines is 1. The molecule has 1 aliphatic heterocycles. The van der Waals surface area contributed by atoms with E-state index in [-0.39, 0.29) is 0 Å². The minimum absolute atomic E-state index is 0.342. The van der Waals surface area contributed by atoms with Crippen LogP contribution in [0.3, 0.4) is 0 Å². The van der Waals surface area contributed by atoms with Crippen LogP contribution in [0.25, 0.3) is 0 Å². The van der Waals surface area contributed by atoms with Crippen molar-refractivity contribution < 1.29 is 8.42 Å². The molecule has 1 aromatic rings. The minimum Gasteiger partial charge on any atom is -0.366 e. The number of rotatable bonds is 4. The molecule has 0 aromatic carbocycles. The molecule has 1 aromatic heterocycles. The van der Waals surface area contributed by atoms with Crippen molar-refractivity contribution in [1.29, 1.82) is 0 Å². The highest BCUT2D eigenvalue weighted by Gasteiger charge is 2.26. The number of sulfonamides is 1. The Bertz CT molecular complexity index is 457. The van der Waals surface area contributed by atoms with Crippen LogP contribution in [0.2, 0.25) is 0 Å². The van der Waals surface area contributed by atoms with Gasteiger partial charge in [0.05, 0.1) is 4.90 Å². The van der Waals surface area contributed by atoms with Crippen molar-refractivity contribution >= 4 is 10.0 Å². The van der Waals surface area contributed by atoms with E-state index >= 15 is 0 Å². The number of nitrogens with one attached hydrogen (secondary N) is 1. The molecule has 102 valence electrons. The minimum atomic E-state index is -3.34. The molecule has 0 radical (unpaired) electrons. The van der Waals surface area contributed by atoms with Crippen molar-refractivity contribution in [2.24, 2.45) is 5.73 Å². The second kappa shape index (κ2) is 5.83. The molecule has 0 aliphatic carbocycles. The standard InChI is InChI=1S/C11H20N4O2S/c12-3-7-14-5-1-6-15(9-8-14)18(16,17)11-2-4-13-10-11/h2,4,10,13H,1,3,5-9,12H2. The Morgan fingerprint density at radius 3 is 2.78 bits per heavy atom. The Morgan fingerprint density at radius 2 is 2.11 bits per heavy atom. The van der Waals surface area contributed by atoms with E-state index in [1.807, 2.05) is 0 Å². The van der Waals surface area contributed by atoms with Gasteiger partial charge in [0.15, 0.2) is 0 Å². The normalized spacial score (nSPS) is 19.8. The third-order valence-corrected chi connectivity index (χ3v) is 5.09. The highest BCUT2D eigenvalue weighted by molar-refractivity contribution is 7.89. The average Bonchev–Trinajstić information content (AvgIpc) is 2.78. The van der Waals surface area contributed by atoms with Gasteiger partial charge in [-0.1, -0.05) is 0 Å². The lowest BCUT2D eigenvalue weighted by Gasteiger charge is -2.20. The molecule has 7 heteroatoms. The van der Waals surface area contributed by atoms with E-state index < -0.39 is 10.0 Å². The van der Waals surface area contributed by atoms with E-state index in [0.717, 1.165) is 26.1 Å². The van der Waals surface area contributed by atoms with Crippen LogP contribution in [0.15, 0.2) is 23.4 Å². The van der Waals surface area contributed by atoms with Crippen molar-refractivity contribution in [3.8, 4) is 0 Å². The zero-order valence-electron chi connectivity index (χ0n) is 10.4. The highest BCUT2D eigenvalue weighted by Crippen LogP contribution is 2.16. The number of hydrogen-bond acceptors (Lipinski definition) is 4. The maximum atomic E-state index is 12.3. The van der Waals surface area contributed by atoms with E-state index in [2.05, 4.69) is 9.88 Å². The van der Waals surface area contributed by atoms with Crippen molar-refractivity contribution in [3.63, 3.8) is 0 Å². The van der Waals surface area contributed by atoms with Crippen molar-refractivity contribution in [3.05, 3.63) is 18.5 Å². The van der Waals surface area contributed by atoms with Gasteiger partial charge >= 0.3 is 0 Å². The zero-order valence-corrected chi connectivity index (χ0v) is 11.2. The lowest BCUT2D eigenvalue weighted by Crippen LogP contribution is -2.36. The number of aromatic nitrogens is 1. The highest BCUT2D eigenvalue weighted by atomic mass is 32.2. The van der Waals surface area contributed by atoms with Gasteiger partial charge in [0.25, 0.3) is 0 Å². The van der Waals surface area contributed by atoms with E-state index in [9.17, 15) is 8.42 Å². The van der Waals surface area contributed by atoms with E-state index in [0.29, 0.717) is 24.5 Å². The monoisotopic (exact) mass is 272 g/mol. The molecule has 2 heterocycles. The van der Waals surface area contributed by atoms with Gasteiger partial charge in [-0.05, 0) is 19.0 Å². The molecule has 0 amide bonds. The van der Waals surface area contributed by atoms with Gasteiger partial charge < -0.3 is 15.6 Å². The first kappa shape index (κ1) is 13.5. The first-order valence-electron chi connectivity index (χ1n) is 6.20. The SMILES string of the molecule is NCCN1CCCN(S(=O)(=O)c2cc[nH]c2)CC1. The molecule has 0 unspecified atom stereocenters. The predicted molar refractivity (Wildman–Crippen MR) is 69.7 cm³/mol. The fourth-order valence-corrected chi connectivity index (χ4v) is 3.66. The molecule has 1 saturated heterocycles. The summed E-state index contributed by atoms with van der Waals surface area (Å²) >= 11 is 0. The van der Waals surface area contributed by atoms with Gasteiger partial charge in [0.2, 0.25) is 10.0 Å². The lowest BCUT2D eigenvalue weighted by atomic mass is 10.4. The van der Waals surface area contributed by atoms with Crippen LogP contribution < -0.4 is 5.73 Å². The summed E-state index contributed by atoms with van der Waals surface area (Å²) in [5.41, 5.74) is 5.53. The molecule has 1 fully saturated rings. The Kier molecular flexibility index (Phi) is 4.39. The summed E-state index contributed by atoms with van der Waals surface area (Å²) in [4.78, 5) is 5.34. The molecule has 6 nitrogen and oxygen atoms in total. The number of nitrogens with two attached hydrogens (primary N) is 1. The van der Waals surface area contributed by atoms with Gasteiger partial charge in [-0.25, -0.2) is 8.42 Å². The second-order valence-corrected chi connectivity index (χ2v) is 6.37. The summed E-state index contributed by atoms with van der Waals surface area (Å²) in [7, 11) is -3.34. The molecule has 0 saturated carbocycles. The van der Waals surface area contributed by atoms with Crippen LogP contribution in [0, 0.1) is 0 Å². The van der Waals surface area contributed by atoms with Crippen molar-refractivity contribution in [2.75, 3.05) is 39.3 Å². The van der Waals surface area contributed by atoms with Gasteiger partial charge in [-0.15, -0.1) is 0 Å². The van der Waals surface area contributed by atoms with Crippen LogP contribution >= 0.6 is 0 Å². The van der Waals surface area contributed by atoms with Crippen molar-refractivity contribution in [2.45, 2.75) is 11.3 Å². The Labute approximate surface area is 108 Å². The number of hydrogen-bond donors (Lipinski definition) is 2. The maximum absolute atomic E-state index is 12.3. The van der Waals surface area contributed by atoms with Crippen LogP contribution in [0.5, 0.6) is 0 Å². The second-order valence-electron chi connectivity index (χ2n) is 4.43. The molecule has 0 atom stereocenters. The summed E-state index contributed by atoms with van der Waals surface area (Å²) in [5, 5.41) is 0. The zero-order chi connectivity index (χ0) is 13.0. The number of H-pyrrole nitrogens is 1. The Morgan fingerprint density at radius 1 is 1.28 bits per heavy atom.